The summed E-state index contributed by atoms with van der Waals surface area (Å²) in [6, 6.07) is 6.62. The van der Waals surface area contributed by atoms with Gasteiger partial charge in [0.25, 0.3) is 0 Å². The number of nitrogens with one attached hydrogen (secondary N) is 2. The number of aromatic amines is 2. The van der Waals surface area contributed by atoms with Crippen LogP contribution in [0.15, 0.2) is 18.2 Å². The first kappa shape index (κ1) is 20.9. The quantitative estimate of drug-likeness (QED) is 0.493. The zero-order valence-electron chi connectivity index (χ0n) is 19.8. The third kappa shape index (κ3) is 3.73. The number of rotatable bonds is 2. The summed E-state index contributed by atoms with van der Waals surface area (Å²) in [4.78, 5) is 8.81. The van der Waals surface area contributed by atoms with E-state index in [1.54, 1.807) is 0 Å². The van der Waals surface area contributed by atoms with Crippen LogP contribution in [0.2, 0.25) is 0 Å². The predicted octanol–water partition coefficient (Wildman–Crippen LogP) is 6.81. The minimum absolute atomic E-state index is 0.0293. The molecule has 160 valence electrons. The molecule has 0 aromatic carbocycles. The van der Waals surface area contributed by atoms with Crippen molar-refractivity contribution in [1.29, 1.82) is 0 Å². The summed E-state index contributed by atoms with van der Waals surface area (Å²) < 4.78 is 0. The van der Waals surface area contributed by atoms with E-state index in [1.165, 1.54) is 40.9 Å². The number of hydrogen-bond donors (Lipinski definition) is 2. The van der Waals surface area contributed by atoms with Crippen LogP contribution in [0.4, 0.5) is 0 Å². The van der Waals surface area contributed by atoms with Gasteiger partial charge in [-0.1, -0.05) is 48.5 Å². The Labute approximate surface area is 180 Å². The smallest absolute Gasteiger partial charge is 0.111 e. The molecule has 4 rings (SSSR count). The minimum atomic E-state index is 0.0293. The molecule has 1 aliphatic rings. The number of fused-ring (bicyclic) bond motifs is 1. The van der Waals surface area contributed by atoms with Gasteiger partial charge in [-0.2, -0.15) is 5.10 Å². The van der Waals surface area contributed by atoms with E-state index in [0.29, 0.717) is 5.92 Å². The fourth-order valence-corrected chi connectivity index (χ4v) is 4.63. The molecule has 0 amide bonds. The SMILES string of the molecule is Cc1[nH]c(-c2cc(C(C)(C)C)cc(-c3cc(C(C)(C)C)[nH]n3)n2)c2c1C(C)CCC2. The molecule has 3 aromatic rings. The number of aromatic nitrogens is 4. The summed E-state index contributed by atoms with van der Waals surface area (Å²) in [5.41, 5.74) is 10.8. The lowest BCUT2D eigenvalue weighted by molar-refractivity contribution is 0.567. The van der Waals surface area contributed by atoms with Crippen molar-refractivity contribution in [3.8, 4) is 22.8 Å². The van der Waals surface area contributed by atoms with Crippen molar-refractivity contribution < 1.29 is 0 Å². The minimum Gasteiger partial charge on any atom is -0.357 e. The number of pyridine rings is 1. The summed E-state index contributed by atoms with van der Waals surface area (Å²) >= 11 is 0. The van der Waals surface area contributed by atoms with Gasteiger partial charge in [0, 0.05) is 16.8 Å². The van der Waals surface area contributed by atoms with Gasteiger partial charge in [-0.3, -0.25) is 5.10 Å². The summed E-state index contributed by atoms with van der Waals surface area (Å²) in [5, 5.41) is 7.84. The van der Waals surface area contributed by atoms with E-state index in [2.05, 4.69) is 88.8 Å². The predicted molar refractivity (Wildman–Crippen MR) is 125 cm³/mol. The fraction of sp³-hybridized carbons (Fsp3) is 0.538. The molecule has 0 saturated carbocycles. The summed E-state index contributed by atoms with van der Waals surface area (Å²) in [5.74, 6) is 0.615. The molecule has 1 unspecified atom stereocenters. The van der Waals surface area contributed by atoms with Crippen LogP contribution in [0.5, 0.6) is 0 Å². The van der Waals surface area contributed by atoms with Crippen LogP contribution in [0.3, 0.4) is 0 Å². The lowest BCUT2D eigenvalue weighted by atomic mass is 9.83. The van der Waals surface area contributed by atoms with Gasteiger partial charge in [0.2, 0.25) is 0 Å². The molecule has 1 atom stereocenters. The highest BCUT2D eigenvalue weighted by Gasteiger charge is 2.27. The molecule has 3 heterocycles. The average Bonchev–Trinajstić information content (AvgIpc) is 3.27. The molecular weight excluding hydrogens is 368 g/mol. The van der Waals surface area contributed by atoms with E-state index >= 15 is 0 Å². The molecule has 0 radical (unpaired) electrons. The van der Waals surface area contributed by atoms with E-state index in [0.717, 1.165) is 29.2 Å². The Kier molecular flexibility index (Phi) is 4.95. The largest absolute Gasteiger partial charge is 0.357 e. The standard InChI is InChI=1S/C26H36N4/c1-15-10-9-11-18-23(15)16(2)27-24(18)21-13-17(25(3,4)5)12-19(28-21)20-14-22(30-29-20)26(6,7)8/h12-15,27H,9-11H2,1-8H3,(H,29,30). The molecule has 2 N–H and O–H groups in total. The van der Waals surface area contributed by atoms with Crippen molar-refractivity contribution >= 4 is 0 Å². The average molecular weight is 405 g/mol. The van der Waals surface area contributed by atoms with E-state index in [9.17, 15) is 0 Å². The fourth-order valence-electron chi connectivity index (χ4n) is 4.63. The van der Waals surface area contributed by atoms with Gasteiger partial charge in [0.1, 0.15) is 5.69 Å². The molecule has 4 nitrogen and oxygen atoms in total. The van der Waals surface area contributed by atoms with Crippen molar-refractivity contribution in [1.82, 2.24) is 20.2 Å². The van der Waals surface area contributed by atoms with Crippen molar-refractivity contribution in [2.24, 2.45) is 0 Å². The number of aryl methyl sites for hydroxylation is 1. The molecule has 0 bridgehead atoms. The third-order valence-electron chi connectivity index (χ3n) is 6.50. The maximum absolute atomic E-state index is 5.12. The van der Waals surface area contributed by atoms with E-state index in [-0.39, 0.29) is 10.8 Å². The second kappa shape index (κ2) is 7.11. The monoisotopic (exact) mass is 404 g/mol. The van der Waals surface area contributed by atoms with Crippen LogP contribution in [-0.2, 0) is 17.3 Å². The van der Waals surface area contributed by atoms with Crippen LogP contribution in [0.1, 0.15) is 95.3 Å². The number of nitrogens with zero attached hydrogens (tertiary/aromatic N) is 2. The van der Waals surface area contributed by atoms with Gasteiger partial charge in [-0.05, 0) is 72.4 Å². The van der Waals surface area contributed by atoms with Gasteiger partial charge in [0.15, 0.2) is 0 Å². The Morgan fingerprint density at radius 1 is 0.933 bits per heavy atom. The summed E-state index contributed by atoms with van der Waals surface area (Å²) in [7, 11) is 0. The molecular formula is C26H36N4. The maximum atomic E-state index is 5.12. The zero-order valence-corrected chi connectivity index (χ0v) is 19.8. The molecule has 0 fully saturated rings. The van der Waals surface area contributed by atoms with Crippen molar-refractivity contribution in [3.05, 3.63) is 46.3 Å². The van der Waals surface area contributed by atoms with Gasteiger partial charge < -0.3 is 4.98 Å². The second-order valence-electron chi connectivity index (χ2n) is 11.1. The first-order chi connectivity index (χ1) is 13.9. The Hall–Kier alpha value is -2.36. The molecule has 0 spiro atoms. The number of hydrogen-bond acceptors (Lipinski definition) is 2. The molecule has 30 heavy (non-hydrogen) atoms. The topological polar surface area (TPSA) is 57.4 Å². The molecule has 0 aliphatic heterocycles. The molecule has 0 saturated heterocycles. The van der Waals surface area contributed by atoms with Crippen LogP contribution in [0, 0.1) is 6.92 Å². The number of H-pyrrole nitrogens is 2. The first-order valence-electron chi connectivity index (χ1n) is 11.3. The van der Waals surface area contributed by atoms with E-state index in [4.69, 9.17) is 4.98 Å². The molecule has 4 heteroatoms. The Balaban J connectivity index is 1.89. The normalized spacial score (nSPS) is 17.3. The van der Waals surface area contributed by atoms with Crippen molar-refractivity contribution in [3.63, 3.8) is 0 Å². The second-order valence-corrected chi connectivity index (χ2v) is 11.1. The van der Waals surface area contributed by atoms with Crippen molar-refractivity contribution in [2.45, 2.75) is 91.4 Å². The summed E-state index contributed by atoms with van der Waals surface area (Å²) in [6.45, 7) is 17.9. The Morgan fingerprint density at radius 2 is 1.63 bits per heavy atom. The maximum Gasteiger partial charge on any atom is 0.111 e. The molecule has 1 aliphatic carbocycles. The first-order valence-corrected chi connectivity index (χ1v) is 11.3. The van der Waals surface area contributed by atoms with Crippen LogP contribution >= 0.6 is 0 Å². The third-order valence-corrected chi connectivity index (χ3v) is 6.50. The Morgan fingerprint density at radius 3 is 2.27 bits per heavy atom. The van der Waals surface area contributed by atoms with Gasteiger partial charge in [-0.25, -0.2) is 4.98 Å². The van der Waals surface area contributed by atoms with Crippen LogP contribution in [0.25, 0.3) is 22.8 Å². The van der Waals surface area contributed by atoms with Gasteiger partial charge in [-0.15, -0.1) is 0 Å². The van der Waals surface area contributed by atoms with Crippen LogP contribution in [-0.4, -0.2) is 20.2 Å². The van der Waals surface area contributed by atoms with E-state index in [1.807, 2.05) is 0 Å². The highest BCUT2D eigenvalue weighted by atomic mass is 15.1. The lowest BCUT2D eigenvalue weighted by Gasteiger charge is -2.22. The molecule has 3 aromatic heterocycles. The highest BCUT2D eigenvalue weighted by Crippen LogP contribution is 2.40. The Bertz CT molecular complexity index is 1070. The van der Waals surface area contributed by atoms with Crippen LogP contribution < -0.4 is 0 Å². The zero-order chi connectivity index (χ0) is 21.8. The van der Waals surface area contributed by atoms with Gasteiger partial charge in [0.05, 0.1) is 17.1 Å². The van der Waals surface area contributed by atoms with Gasteiger partial charge >= 0.3 is 0 Å². The van der Waals surface area contributed by atoms with Crippen molar-refractivity contribution in [2.75, 3.05) is 0 Å². The highest BCUT2D eigenvalue weighted by molar-refractivity contribution is 5.69. The summed E-state index contributed by atoms with van der Waals surface area (Å²) in [6.07, 6.45) is 3.65. The van der Waals surface area contributed by atoms with E-state index < -0.39 is 0 Å². The lowest BCUT2D eigenvalue weighted by Crippen LogP contribution is -2.12.